The summed E-state index contributed by atoms with van der Waals surface area (Å²) in [6.07, 6.45) is 12.2. The van der Waals surface area contributed by atoms with E-state index < -0.39 is 5.97 Å². The summed E-state index contributed by atoms with van der Waals surface area (Å²) in [7, 11) is 0. The summed E-state index contributed by atoms with van der Waals surface area (Å²) < 4.78 is 5.01. The van der Waals surface area contributed by atoms with Crippen LogP contribution >= 0.6 is 0 Å². The number of amides is 1. The summed E-state index contributed by atoms with van der Waals surface area (Å²) in [6, 6.07) is 0. The number of rotatable bonds is 5. The number of hydrogen-bond donors (Lipinski definition) is 1. The summed E-state index contributed by atoms with van der Waals surface area (Å²) in [6.45, 7) is 0.458. The first-order valence-corrected chi connectivity index (χ1v) is 8.82. The molecule has 5 rings (SSSR count). The average molecular weight is 329 g/mol. The highest BCUT2D eigenvalue weighted by atomic mass is 16.5. The smallest absolute Gasteiger partial charge is 0.359 e. The number of hydrogen-bond acceptors (Lipinski definition) is 5. The number of ether oxygens (including phenoxy) is 1. The Morgan fingerprint density at radius 1 is 1.12 bits per heavy atom. The van der Waals surface area contributed by atoms with Gasteiger partial charge in [-0.3, -0.25) is 9.78 Å². The van der Waals surface area contributed by atoms with Gasteiger partial charge >= 0.3 is 5.97 Å². The zero-order valence-electron chi connectivity index (χ0n) is 13.7. The van der Waals surface area contributed by atoms with Crippen molar-refractivity contribution < 1.29 is 14.3 Å². The lowest BCUT2D eigenvalue weighted by Crippen LogP contribution is -2.51. The molecule has 0 saturated heterocycles. The molecule has 6 heteroatoms. The van der Waals surface area contributed by atoms with Crippen molar-refractivity contribution >= 4 is 11.9 Å². The SMILES string of the molecule is O=C(COC(=O)c1cnccn1)NCC12CC3CC(CC(C3)C1)C2. The Balaban J connectivity index is 1.26. The van der Waals surface area contributed by atoms with Crippen LogP contribution in [-0.2, 0) is 9.53 Å². The van der Waals surface area contributed by atoms with Crippen molar-refractivity contribution in [2.45, 2.75) is 38.5 Å². The van der Waals surface area contributed by atoms with E-state index in [-0.39, 0.29) is 18.2 Å². The highest BCUT2D eigenvalue weighted by molar-refractivity contribution is 5.89. The van der Waals surface area contributed by atoms with Gasteiger partial charge in [0.15, 0.2) is 12.3 Å². The van der Waals surface area contributed by atoms with Gasteiger partial charge in [-0.05, 0) is 61.7 Å². The third-order valence-corrected chi connectivity index (χ3v) is 5.93. The van der Waals surface area contributed by atoms with E-state index in [2.05, 4.69) is 15.3 Å². The molecule has 4 fully saturated rings. The van der Waals surface area contributed by atoms with Gasteiger partial charge in [0, 0.05) is 18.9 Å². The van der Waals surface area contributed by atoms with Crippen LogP contribution in [-0.4, -0.2) is 35.0 Å². The molecule has 1 amide bonds. The first-order valence-electron chi connectivity index (χ1n) is 8.82. The first-order chi connectivity index (χ1) is 11.6. The van der Waals surface area contributed by atoms with E-state index in [1.54, 1.807) is 0 Å². The van der Waals surface area contributed by atoms with Crippen LogP contribution in [0.3, 0.4) is 0 Å². The van der Waals surface area contributed by atoms with Crippen LogP contribution in [0.15, 0.2) is 18.6 Å². The van der Waals surface area contributed by atoms with Gasteiger partial charge in [-0.15, -0.1) is 0 Å². The molecule has 0 aromatic carbocycles. The summed E-state index contributed by atoms with van der Waals surface area (Å²) in [5, 5.41) is 2.99. The van der Waals surface area contributed by atoms with E-state index in [0.717, 1.165) is 24.3 Å². The highest BCUT2D eigenvalue weighted by Crippen LogP contribution is 2.59. The van der Waals surface area contributed by atoms with Gasteiger partial charge in [0.2, 0.25) is 0 Å². The fraction of sp³-hybridized carbons (Fsp3) is 0.667. The highest BCUT2D eigenvalue weighted by Gasteiger charge is 2.50. The maximum atomic E-state index is 12.0. The molecule has 6 nitrogen and oxygen atoms in total. The molecule has 1 N–H and O–H groups in total. The third kappa shape index (κ3) is 3.14. The number of nitrogens with zero attached hydrogens (tertiary/aromatic N) is 2. The summed E-state index contributed by atoms with van der Waals surface area (Å²) in [4.78, 5) is 31.5. The van der Waals surface area contributed by atoms with Crippen molar-refractivity contribution in [1.29, 1.82) is 0 Å². The van der Waals surface area contributed by atoms with Gasteiger partial charge in [0.25, 0.3) is 5.91 Å². The van der Waals surface area contributed by atoms with Crippen molar-refractivity contribution in [2.24, 2.45) is 23.2 Å². The first kappa shape index (κ1) is 15.5. The summed E-state index contributed by atoms with van der Waals surface area (Å²) >= 11 is 0. The molecule has 0 aliphatic heterocycles. The summed E-state index contributed by atoms with van der Waals surface area (Å²) in [5.41, 5.74) is 0.408. The molecule has 24 heavy (non-hydrogen) atoms. The van der Waals surface area contributed by atoms with Crippen LogP contribution < -0.4 is 5.32 Å². The Morgan fingerprint density at radius 2 is 1.79 bits per heavy atom. The number of carbonyl (C=O) groups is 2. The molecule has 0 atom stereocenters. The van der Waals surface area contributed by atoms with Crippen LogP contribution in [0.2, 0.25) is 0 Å². The second-order valence-corrected chi connectivity index (χ2v) is 7.86. The molecule has 4 saturated carbocycles. The molecular formula is C18H23N3O3. The Labute approximate surface area is 141 Å². The standard InChI is InChI=1S/C18H23N3O3/c22-16(10-24-17(23)15-9-19-1-2-20-15)21-11-18-6-12-3-13(7-18)5-14(4-12)8-18/h1-2,9,12-14H,3-8,10-11H2,(H,21,22). The second-order valence-electron chi connectivity index (χ2n) is 7.86. The average Bonchev–Trinajstić information content (AvgIpc) is 2.57. The van der Waals surface area contributed by atoms with Gasteiger partial charge in [-0.2, -0.15) is 0 Å². The van der Waals surface area contributed by atoms with Crippen molar-refractivity contribution in [1.82, 2.24) is 15.3 Å². The monoisotopic (exact) mass is 329 g/mol. The van der Waals surface area contributed by atoms with E-state index in [1.165, 1.54) is 57.1 Å². The Bertz CT molecular complexity index is 596. The van der Waals surface area contributed by atoms with Gasteiger partial charge < -0.3 is 10.1 Å². The predicted octanol–water partition coefficient (Wildman–Crippen LogP) is 1.97. The van der Waals surface area contributed by atoms with E-state index in [1.807, 2.05) is 0 Å². The van der Waals surface area contributed by atoms with E-state index in [9.17, 15) is 9.59 Å². The van der Waals surface area contributed by atoms with Crippen molar-refractivity contribution in [3.8, 4) is 0 Å². The van der Waals surface area contributed by atoms with E-state index in [0.29, 0.717) is 5.41 Å². The molecule has 1 aromatic heterocycles. The van der Waals surface area contributed by atoms with Crippen LogP contribution in [0.4, 0.5) is 0 Å². The zero-order chi connectivity index (χ0) is 16.6. The van der Waals surface area contributed by atoms with Crippen LogP contribution in [0, 0.1) is 23.2 Å². The molecule has 128 valence electrons. The molecule has 1 heterocycles. The number of esters is 1. The van der Waals surface area contributed by atoms with Crippen molar-refractivity contribution in [3.63, 3.8) is 0 Å². The van der Waals surface area contributed by atoms with Gasteiger partial charge in [-0.1, -0.05) is 0 Å². The van der Waals surface area contributed by atoms with Gasteiger partial charge in [-0.25, -0.2) is 9.78 Å². The molecule has 0 unspecified atom stereocenters. The Morgan fingerprint density at radius 3 is 2.38 bits per heavy atom. The largest absolute Gasteiger partial charge is 0.451 e. The number of aromatic nitrogens is 2. The Hall–Kier alpha value is -1.98. The summed E-state index contributed by atoms with van der Waals surface area (Å²) in [5.74, 6) is 1.74. The zero-order valence-corrected chi connectivity index (χ0v) is 13.7. The van der Waals surface area contributed by atoms with Gasteiger partial charge in [0.05, 0.1) is 6.20 Å². The minimum Gasteiger partial charge on any atom is -0.451 e. The fourth-order valence-corrected chi connectivity index (χ4v) is 5.45. The van der Waals surface area contributed by atoms with Crippen molar-refractivity contribution in [2.75, 3.05) is 13.2 Å². The number of carbonyl (C=O) groups excluding carboxylic acids is 2. The minimum atomic E-state index is -0.618. The molecule has 1 aromatic rings. The maximum Gasteiger partial charge on any atom is 0.359 e. The third-order valence-electron chi connectivity index (χ3n) is 5.93. The molecule has 4 aliphatic rings. The van der Waals surface area contributed by atoms with Gasteiger partial charge in [0.1, 0.15) is 0 Å². The van der Waals surface area contributed by atoms with Crippen LogP contribution in [0.1, 0.15) is 49.0 Å². The predicted molar refractivity (Wildman–Crippen MR) is 85.9 cm³/mol. The fourth-order valence-electron chi connectivity index (χ4n) is 5.45. The van der Waals surface area contributed by atoms with E-state index in [4.69, 9.17) is 4.74 Å². The maximum absolute atomic E-state index is 12.0. The van der Waals surface area contributed by atoms with Crippen LogP contribution in [0.5, 0.6) is 0 Å². The normalized spacial score (nSPS) is 33.2. The quantitative estimate of drug-likeness (QED) is 0.835. The van der Waals surface area contributed by atoms with E-state index >= 15 is 0 Å². The molecule has 4 aliphatic carbocycles. The second kappa shape index (κ2) is 6.15. The lowest BCUT2D eigenvalue weighted by Gasteiger charge is -2.56. The lowest BCUT2D eigenvalue weighted by atomic mass is 9.49. The molecule has 0 spiro atoms. The molecular weight excluding hydrogens is 306 g/mol. The van der Waals surface area contributed by atoms with Crippen LogP contribution in [0.25, 0.3) is 0 Å². The molecule has 0 radical (unpaired) electrons. The topological polar surface area (TPSA) is 81.2 Å². The number of nitrogens with one attached hydrogen (secondary N) is 1. The van der Waals surface area contributed by atoms with Crippen molar-refractivity contribution in [3.05, 3.63) is 24.3 Å². The Kier molecular flexibility index (Phi) is 3.98. The minimum absolute atomic E-state index is 0.117. The molecule has 4 bridgehead atoms. The lowest BCUT2D eigenvalue weighted by molar-refractivity contribution is -0.126.